The number of hydrogen-bond donors (Lipinski definition) is 0. The Balaban J connectivity index is 2.15. The highest BCUT2D eigenvalue weighted by Gasteiger charge is 2.08. The maximum absolute atomic E-state index is 12.3. The molecule has 0 saturated heterocycles. The lowest BCUT2D eigenvalue weighted by atomic mass is 10.0. The summed E-state index contributed by atoms with van der Waals surface area (Å²) in [5.74, 6) is 0.468. The number of hydrogen-bond acceptors (Lipinski definition) is 5. The summed E-state index contributed by atoms with van der Waals surface area (Å²) in [6.45, 7) is 5.82. The standard InChI is InChI=1S/C16H15N3O2S/c1-9(2)12-6-4-11(5-7-12)8-13-15(21)19-16(22-13)17-14(20)10(3)18-19/h4-9H,1-3H3. The molecule has 0 fully saturated rings. The van der Waals surface area contributed by atoms with Gasteiger partial charge in [0.2, 0.25) is 4.96 Å². The fraction of sp³-hybridized carbons (Fsp3) is 0.250. The molecule has 0 radical (unpaired) electrons. The van der Waals surface area contributed by atoms with Crippen LogP contribution < -0.4 is 15.7 Å². The largest absolute Gasteiger partial charge is 0.295 e. The van der Waals surface area contributed by atoms with Crippen LogP contribution in [0.3, 0.4) is 0 Å². The molecule has 6 heteroatoms. The molecule has 3 rings (SSSR count). The fourth-order valence-electron chi connectivity index (χ4n) is 2.12. The number of benzene rings is 1. The van der Waals surface area contributed by atoms with Gasteiger partial charge in [-0.3, -0.25) is 9.59 Å². The van der Waals surface area contributed by atoms with Crippen molar-refractivity contribution in [2.24, 2.45) is 0 Å². The van der Waals surface area contributed by atoms with Gasteiger partial charge in [0.25, 0.3) is 11.1 Å². The minimum Gasteiger partial charge on any atom is -0.266 e. The van der Waals surface area contributed by atoms with Crippen LogP contribution in [0.4, 0.5) is 0 Å². The quantitative estimate of drug-likeness (QED) is 0.719. The molecule has 22 heavy (non-hydrogen) atoms. The van der Waals surface area contributed by atoms with Crippen LogP contribution in [0, 0.1) is 6.92 Å². The zero-order valence-electron chi connectivity index (χ0n) is 12.5. The van der Waals surface area contributed by atoms with Gasteiger partial charge in [0.05, 0.1) is 4.53 Å². The van der Waals surface area contributed by atoms with E-state index >= 15 is 0 Å². The third-order valence-electron chi connectivity index (χ3n) is 3.44. The van der Waals surface area contributed by atoms with Gasteiger partial charge in [-0.15, -0.1) is 0 Å². The molecule has 3 aromatic rings. The summed E-state index contributed by atoms with van der Waals surface area (Å²) < 4.78 is 1.71. The van der Waals surface area contributed by atoms with Crippen LogP contribution in [-0.2, 0) is 0 Å². The van der Waals surface area contributed by atoms with Gasteiger partial charge >= 0.3 is 0 Å². The molecule has 0 aliphatic rings. The van der Waals surface area contributed by atoms with Crippen molar-refractivity contribution in [3.05, 3.63) is 66.3 Å². The highest BCUT2D eigenvalue weighted by Crippen LogP contribution is 2.14. The minimum atomic E-state index is -0.394. The van der Waals surface area contributed by atoms with Gasteiger partial charge in [-0.05, 0) is 30.0 Å². The van der Waals surface area contributed by atoms with Gasteiger partial charge in [-0.1, -0.05) is 49.4 Å². The van der Waals surface area contributed by atoms with Crippen molar-refractivity contribution >= 4 is 22.4 Å². The number of thiazole rings is 1. The van der Waals surface area contributed by atoms with Crippen LogP contribution in [0.1, 0.15) is 36.6 Å². The lowest BCUT2D eigenvalue weighted by Gasteiger charge is -2.04. The van der Waals surface area contributed by atoms with E-state index < -0.39 is 5.56 Å². The van der Waals surface area contributed by atoms with E-state index in [2.05, 4.69) is 36.1 Å². The second kappa shape index (κ2) is 5.46. The average Bonchev–Trinajstić information content (AvgIpc) is 2.77. The Morgan fingerprint density at radius 1 is 1.18 bits per heavy atom. The summed E-state index contributed by atoms with van der Waals surface area (Å²) in [5, 5.41) is 3.99. The van der Waals surface area contributed by atoms with Gasteiger partial charge in [-0.2, -0.15) is 14.6 Å². The first kappa shape index (κ1) is 14.6. The van der Waals surface area contributed by atoms with Crippen molar-refractivity contribution in [3.63, 3.8) is 0 Å². The van der Waals surface area contributed by atoms with Crippen molar-refractivity contribution in [2.45, 2.75) is 26.7 Å². The predicted octanol–water partition coefficient (Wildman–Crippen LogP) is 1.49. The van der Waals surface area contributed by atoms with E-state index in [1.165, 1.54) is 21.4 Å². The monoisotopic (exact) mass is 313 g/mol. The Hall–Kier alpha value is -2.34. The molecule has 0 aliphatic heterocycles. The normalized spacial score (nSPS) is 12.5. The molecule has 0 spiro atoms. The van der Waals surface area contributed by atoms with E-state index in [9.17, 15) is 9.59 Å². The van der Waals surface area contributed by atoms with E-state index in [1.54, 1.807) is 13.0 Å². The first-order chi connectivity index (χ1) is 10.5. The average molecular weight is 313 g/mol. The van der Waals surface area contributed by atoms with Crippen molar-refractivity contribution in [1.29, 1.82) is 0 Å². The molecule has 1 aromatic carbocycles. The van der Waals surface area contributed by atoms with Crippen molar-refractivity contribution in [1.82, 2.24) is 14.6 Å². The number of aryl methyl sites for hydroxylation is 1. The molecule has 0 atom stereocenters. The molecule has 0 aliphatic carbocycles. The summed E-state index contributed by atoms with van der Waals surface area (Å²) in [6, 6.07) is 8.07. The number of nitrogens with zero attached hydrogens (tertiary/aromatic N) is 3. The Bertz CT molecular complexity index is 1000. The molecule has 0 N–H and O–H groups in total. The molecule has 0 unspecified atom stereocenters. The third kappa shape index (κ3) is 2.57. The topological polar surface area (TPSA) is 64.3 Å². The summed E-state index contributed by atoms with van der Waals surface area (Å²) in [5.41, 5.74) is 1.77. The van der Waals surface area contributed by atoms with E-state index in [1.807, 2.05) is 12.1 Å². The highest BCUT2D eigenvalue weighted by molar-refractivity contribution is 7.15. The summed E-state index contributed by atoms with van der Waals surface area (Å²) in [7, 11) is 0. The maximum Gasteiger partial charge on any atom is 0.295 e. The fourth-order valence-corrected chi connectivity index (χ4v) is 3.02. The van der Waals surface area contributed by atoms with E-state index in [4.69, 9.17) is 0 Å². The predicted molar refractivity (Wildman–Crippen MR) is 87.5 cm³/mol. The molecule has 0 saturated carbocycles. The lowest BCUT2D eigenvalue weighted by molar-refractivity contribution is 0.833. The number of rotatable bonds is 2. The van der Waals surface area contributed by atoms with Crippen LogP contribution >= 0.6 is 11.3 Å². The summed E-state index contributed by atoms with van der Waals surface area (Å²) >= 11 is 1.17. The van der Waals surface area contributed by atoms with Crippen LogP contribution in [0.5, 0.6) is 0 Å². The first-order valence-electron chi connectivity index (χ1n) is 6.98. The molecule has 0 bridgehead atoms. The first-order valence-corrected chi connectivity index (χ1v) is 7.79. The maximum atomic E-state index is 12.3. The molecule has 2 heterocycles. The zero-order valence-corrected chi connectivity index (χ0v) is 13.3. The summed E-state index contributed by atoms with van der Waals surface area (Å²) in [4.78, 5) is 28.0. The second-order valence-corrected chi connectivity index (χ2v) is 6.44. The number of fused-ring (bicyclic) bond motifs is 1. The highest BCUT2D eigenvalue weighted by atomic mass is 32.1. The van der Waals surface area contributed by atoms with Crippen molar-refractivity contribution in [2.75, 3.05) is 0 Å². The van der Waals surface area contributed by atoms with Gasteiger partial charge in [0, 0.05) is 0 Å². The Morgan fingerprint density at radius 3 is 2.50 bits per heavy atom. The smallest absolute Gasteiger partial charge is 0.266 e. The summed E-state index contributed by atoms with van der Waals surface area (Å²) in [6.07, 6.45) is 1.80. The lowest BCUT2D eigenvalue weighted by Crippen LogP contribution is -2.27. The Labute approximate surface area is 130 Å². The molecular formula is C16H15N3O2S. The number of aromatic nitrogens is 3. The van der Waals surface area contributed by atoms with Crippen molar-refractivity contribution in [3.8, 4) is 0 Å². The minimum absolute atomic E-state index is 0.222. The van der Waals surface area contributed by atoms with Gasteiger partial charge in [0.15, 0.2) is 0 Å². The third-order valence-corrected chi connectivity index (χ3v) is 4.40. The van der Waals surface area contributed by atoms with Crippen LogP contribution in [0.15, 0.2) is 33.9 Å². The molecule has 112 valence electrons. The molecule has 0 amide bonds. The van der Waals surface area contributed by atoms with E-state index in [-0.39, 0.29) is 11.3 Å². The van der Waals surface area contributed by atoms with Gasteiger partial charge in [-0.25, -0.2) is 0 Å². The van der Waals surface area contributed by atoms with Gasteiger partial charge < -0.3 is 0 Å². The zero-order chi connectivity index (χ0) is 15.9. The van der Waals surface area contributed by atoms with Gasteiger partial charge in [0.1, 0.15) is 5.69 Å². The van der Waals surface area contributed by atoms with Crippen LogP contribution in [-0.4, -0.2) is 14.6 Å². The Kier molecular flexibility index (Phi) is 3.62. The van der Waals surface area contributed by atoms with Crippen molar-refractivity contribution < 1.29 is 0 Å². The van der Waals surface area contributed by atoms with Crippen LogP contribution in [0.2, 0.25) is 0 Å². The van der Waals surface area contributed by atoms with E-state index in [0.717, 1.165) is 5.56 Å². The molecule has 2 aromatic heterocycles. The van der Waals surface area contributed by atoms with E-state index in [0.29, 0.717) is 15.4 Å². The molecule has 5 nitrogen and oxygen atoms in total. The second-order valence-electron chi connectivity index (χ2n) is 5.43. The van der Waals surface area contributed by atoms with Crippen LogP contribution in [0.25, 0.3) is 11.0 Å². The Morgan fingerprint density at radius 2 is 1.86 bits per heavy atom. The molecular weight excluding hydrogens is 298 g/mol. The SMILES string of the molecule is Cc1nn2c(=O)c(=Cc3ccc(C(C)C)cc3)sc2nc1=O.